The Morgan fingerprint density at radius 1 is 1.04 bits per heavy atom. The first-order chi connectivity index (χ1) is 12.1. The van der Waals surface area contributed by atoms with Gasteiger partial charge in [-0.05, 0) is 79.9 Å². The van der Waals surface area contributed by atoms with Gasteiger partial charge in [-0.25, -0.2) is 4.79 Å². The molecular formula is C21H22O4. The molecule has 4 aliphatic carbocycles. The zero-order valence-electron chi connectivity index (χ0n) is 14.2. The van der Waals surface area contributed by atoms with Crippen molar-refractivity contribution in [2.45, 2.75) is 44.9 Å². The number of esters is 1. The summed E-state index contributed by atoms with van der Waals surface area (Å²) >= 11 is 0. The highest BCUT2D eigenvalue weighted by Crippen LogP contribution is 2.61. The van der Waals surface area contributed by atoms with Crippen LogP contribution in [0.1, 0.15) is 44.9 Å². The molecule has 0 N–H and O–H groups in total. The summed E-state index contributed by atoms with van der Waals surface area (Å²) in [6.07, 6.45) is 8.23. The summed E-state index contributed by atoms with van der Waals surface area (Å²) in [5, 5.41) is 0.820. The predicted molar refractivity (Wildman–Crippen MR) is 93.3 cm³/mol. The van der Waals surface area contributed by atoms with Crippen molar-refractivity contribution in [2.75, 3.05) is 0 Å². The minimum absolute atomic E-state index is 0.153. The molecule has 0 radical (unpaired) electrons. The van der Waals surface area contributed by atoms with Crippen molar-refractivity contribution in [1.29, 1.82) is 0 Å². The molecule has 2 aromatic rings. The fraction of sp³-hybridized carbons (Fsp3) is 0.524. The summed E-state index contributed by atoms with van der Waals surface area (Å²) in [5.41, 5.74) is 0.229. The van der Waals surface area contributed by atoms with E-state index in [1.165, 1.54) is 44.6 Å². The van der Waals surface area contributed by atoms with Crippen LogP contribution in [0.2, 0.25) is 0 Å². The van der Waals surface area contributed by atoms with E-state index in [-0.39, 0.29) is 11.4 Å². The van der Waals surface area contributed by atoms with Crippen LogP contribution in [0.5, 0.6) is 5.75 Å². The normalized spacial score (nSPS) is 32.9. The fourth-order valence-electron chi connectivity index (χ4n) is 6.08. The van der Waals surface area contributed by atoms with Crippen LogP contribution in [-0.2, 0) is 4.79 Å². The first-order valence-electron chi connectivity index (χ1n) is 9.32. The maximum absolute atomic E-state index is 12.6. The second-order valence-electron chi connectivity index (χ2n) is 8.52. The van der Waals surface area contributed by atoms with Crippen LogP contribution in [0.15, 0.2) is 39.5 Å². The topological polar surface area (TPSA) is 56.5 Å². The quantitative estimate of drug-likeness (QED) is 0.475. The van der Waals surface area contributed by atoms with Gasteiger partial charge < -0.3 is 9.15 Å². The summed E-state index contributed by atoms with van der Waals surface area (Å²) < 4.78 is 10.8. The largest absolute Gasteiger partial charge is 0.426 e. The van der Waals surface area contributed by atoms with Gasteiger partial charge in [0.05, 0.1) is 6.42 Å². The Morgan fingerprint density at radius 2 is 1.68 bits per heavy atom. The molecule has 0 unspecified atom stereocenters. The lowest BCUT2D eigenvalue weighted by Gasteiger charge is -2.56. The third kappa shape index (κ3) is 2.78. The Bertz CT molecular complexity index is 859. The highest BCUT2D eigenvalue weighted by atomic mass is 16.5. The number of ether oxygens (including phenoxy) is 1. The maximum atomic E-state index is 12.6. The van der Waals surface area contributed by atoms with Crippen LogP contribution in [0.25, 0.3) is 11.0 Å². The molecule has 0 amide bonds. The number of fused-ring (bicyclic) bond motifs is 1. The lowest BCUT2D eigenvalue weighted by atomic mass is 9.49. The summed E-state index contributed by atoms with van der Waals surface area (Å²) in [4.78, 5) is 23.9. The second-order valence-corrected chi connectivity index (χ2v) is 8.52. The van der Waals surface area contributed by atoms with Gasteiger partial charge in [0, 0.05) is 17.5 Å². The molecule has 25 heavy (non-hydrogen) atoms. The van der Waals surface area contributed by atoms with Crippen molar-refractivity contribution in [3.8, 4) is 5.75 Å². The predicted octanol–water partition coefficient (Wildman–Crippen LogP) is 4.30. The Balaban J connectivity index is 1.33. The molecule has 0 atom stereocenters. The molecule has 1 aromatic heterocycles. The van der Waals surface area contributed by atoms with Gasteiger partial charge in [-0.3, -0.25) is 4.79 Å². The summed E-state index contributed by atoms with van der Waals surface area (Å²) in [6.45, 7) is 0. The summed E-state index contributed by atoms with van der Waals surface area (Å²) in [5.74, 6) is 2.79. The lowest BCUT2D eigenvalue weighted by Crippen LogP contribution is -2.47. The van der Waals surface area contributed by atoms with E-state index in [0.29, 0.717) is 17.8 Å². The van der Waals surface area contributed by atoms with Gasteiger partial charge in [-0.2, -0.15) is 0 Å². The number of carbonyl (C=O) groups excluding carboxylic acids is 1. The smallest absolute Gasteiger partial charge is 0.336 e. The molecule has 1 heterocycles. The third-order valence-corrected chi connectivity index (χ3v) is 6.51. The van der Waals surface area contributed by atoms with Crippen molar-refractivity contribution in [1.82, 2.24) is 0 Å². The van der Waals surface area contributed by atoms with Crippen molar-refractivity contribution >= 4 is 16.9 Å². The zero-order valence-corrected chi connectivity index (χ0v) is 14.2. The molecule has 4 fully saturated rings. The van der Waals surface area contributed by atoms with E-state index < -0.39 is 5.63 Å². The molecule has 1 aromatic carbocycles. The van der Waals surface area contributed by atoms with Gasteiger partial charge in [-0.1, -0.05) is 0 Å². The van der Waals surface area contributed by atoms with Crippen LogP contribution in [0.3, 0.4) is 0 Å². The molecule has 6 rings (SSSR count). The van der Waals surface area contributed by atoms with E-state index in [2.05, 4.69) is 0 Å². The standard InChI is InChI=1S/C21H22O4/c22-19-4-2-16-1-3-17(8-18(16)25-19)24-20(23)12-21-9-13-5-14(10-21)7-15(6-13)11-21/h1-4,8,13-15H,5-7,9-12H2. The molecule has 0 saturated heterocycles. The highest BCUT2D eigenvalue weighted by molar-refractivity contribution is 5.80. The van der Waals surface area contributed by atoms with E-state index in [4.69, 9.17) is 9.15 Å². The number of benzene rings is 1. The number of hydrogen-bond acceptors (Lipinski definition) is 4. The number of carbonyl (C=O) groups is 1. The maximum Gasteiger partial charge on any atom is 0.336 e. The van der Waals surface area contributed by atoms with Gasteiger partial charge in [0.15, 0.2) is 0 Å². The summed E-state index contributed by atoms with van der Waals surface area (Å²) in [7, 11) is 0. The molecule has 0 spiro atoms. The highest BCUT2D eigenvalue weighted by Gasteiger charge is 2.51. The molecule has 4 aliphatic rings. The molecule has 4 heteroatoms. The SMILES string of the molecule is O=C(CC12CC3CC(CC(C3)C1)C2)Oc1ccc2ccc(=O)oc2c1. The van der Waals surface area contributed by atoms with E-state index in [0.717, 1.165) is 23.1 Å². The second kappa shape index (κ2) is 5.45. The molecule has 4 nitrogen and oxygen atoms in total. The number of hydrogen-bond donors (Lipinski definition) is 0. The van der Waals surface area contributed by atoms with Crippen molar-refractivity contribution in [2.24, 2.45) is 23.2 Å². The van der Waals surface area contributed by atoms with Crippen LogP contribution in [0, 0.1) is 23.2 Å². The third-order valence-electron chi connectivity index (χ3n) is 6.51. The minimum Gasteiger partial charge on any atom is -0.426 e. The van der Waals surface area contributed by atoms with Crippen LogP contribution >= 0.6 is 0 Å². The first-order valence-corrected chi connectivity index (χ1v) is 9.32. The monoisotopic (exact) mass is 338 g/mol. The van der Waals surface area contributed by atoms with E-state index in [1.807, 2.05) is 6.07 Å². The molecule has 130 valence electrons. The van der Waals surface area contributed by atoms with Crippen molar-refractivity contribution in [3.63, 3.8) is 0 Å². The molecular weight excluding hydrogens is 316 g/mol. The molecule has 4 bridgehead atoms. The Morgan fingerprint density at radius 3 is 2.36 bits per heavy atom. The fourth-order valence-corrected chi connectivity index (χ4v) is 6.08. The van der Waals surface area contributed by atoms with Crippen LogP contribution in [0.4, 0.5) is 0 Å². The van der Waals surface area contributed by atoms with Crippen LogP contribution < -0.4 is 10.4 Å². The van der Waals surface area contributed by atoms with Gasteiger partial charge in [0.25, 0.3) is 0 Å². The minimum atomic E-state index is -0.399. The van der Waals surface area contributed by atoms with Gasteiger partial charge >= 0.3 is 11.6 Å². The van der Waals surface area contributed by atoms with Gasteiger partial charge in [0.2, 0.25) is 0 Å². The average molecular weight is 338 g/mol. The van der Waals surface area contributed by atoms with E-state index in [1.54, 1.807) is 18.2 Å². The van der Waals surface area contributed by atoms with Crippen molar-refractivity contribution < 1.29 is 13.9 Å². The van der Waals surface area contributed by atoms with Crippen molar-refractivity contribution in [3.05, 3.63) is 40.8 Å². The Hall–Kier alpha value is -2.10. The molecule has 4 saturated carbocycles. The van der Waals surface area contributed by atoms with Gasteiger partial charge in [-0.15, -0.1) is 0 Å². The Kier molecular flexibility index (Phi) is 3.31. The van der Waals surface area contributed by atoms with Crippen LogP contribution in [-0.4, -0.2) is 5.97 Å². The Labute approximate surface area is 146 Å². The summed E-state index contributed by atoms with van der Waals surface area (Å²) in [6, 6.07) is 8.31. The average Bonchev–Trinajstić information content (AvgIpc) is 2.52. The first kappa shape index (κ1) is 15.2. The van der Waals surface area contributed by atoms with E-state index in [9.17, 15) is 9.59 Å². The lowest BCUT2D eigenvalue weighted by molar-refractivity contribution is -0.142. The van der Waals surface area contributed by atoms with Gasteiger partial charge in [0.1, 0.15) is 11.3 Å². The zero-order chi connectivity index (χ0) is 17.0. The molecule has 0 aliphatic heterocycles. The van der Waals surface area contributed by atoms with E-state index >= 15 is 0 Å². The number of rotatable bonds is 3.